The number of hydrogen-bond donors (Lipinski definition) is 2. The zero-order chi connectivity index (χ0) is 24.1. The van der Waals surface area contributed by atoms with Gasteiger partial charge in [0.15, 0.2) is 10.8 Å². The van der Waals surface area contributed by atoms with Crippen molar-refractivity contribution in [2.75, 3.05) is 11.9 Å². The van der Waals surface area contributed by atoms with Gasteiger partial charge in [0, 0.05) is 18.3 Å². The Morgan fingerprint density at radius 1 is 1.12 bits per heavy atom. The molecule has 2 aliphatic rings. The van der Waals surface area contributed by atoms with Crippen LogP contribution in [-0.4, -0.2) is 59.0 Å². The molecule has 0 unspecified atom stereocenters. The second-order valence-corrected chi connectivity index (χ2v) is 11.8. The third-order valence-electron chi connectivity index (χ3n) is 6.43. The average Bonchev–Trinajstić information content (AvgIpc) is 3.52. The number of carbonyl (C=O) groups excluding carboxylic acids is 2. The van der Waals surface area contributed by atoms with Gasteiger partial charge in [-0.15, -0.1) is 0 Å². The average molecular weight is 510 g/mol. The van der Waals surface area contributed by atoms with E-state index in [0.717, 1.165) is 62.7 Å². The van der Waals surface area contributed by atoms with Crippen LogP contribution in [0.15, 0.2) is 21.8 Å². The van der Waals surface area contributed by atoms with Gasteiger partial charge < -0.3 is 14.6 Å². The van der Waals surface area contributed by atoms with Crippen molar-refractivity contribution in [2.24, 2.45) is 0 Å². The van der Waals surface area contributed by atoms with Crippen molar-refractivity contribution in [3.8, 4) is 0 Å². The van der Waals surface area contributed by atoms with Crippen LogP contribution in [0.1, 0.15) is 81.6 Å². The molecule has 0 atom stereocenters. The number of sulfone groups is 1. The molecule has 2 aliphatic carbocycles. The fraction of sp³-hybridized carbons (Fsp3) is 0.636. The number of nitrogens with one attached hydrogen (secondary N) is 2. The van der Waals surface area contributed by atoms with Gasteiger partial charge in [-0.2, -0.15) is 0 Å². The summed E-state index contributed by atoms with van der Waals surface area (Å²) in [6, 6.07) is 0.216. The Bertz CT molecular complexity index is 1080. The smallest absolute Gasteiger partial charge is 0.358 e. The lowest BCUT2D eigenvalue weighted by Gasteiger charge is -2.41. The normalized spacial score (nSPS) is 17.9. The number of aromatic amines is 1. The SMILES string of the molecule is CCOC(=O)c1c[nH]c(S(=O)(=O)c2cnc(NC(=O)N(C3CCCCC3)C3CCCCC3)s2)n1. The van der Waals surface area contributed by atoms with Crippen molar-refractivity contribution in [2.45, 2.75) is 92.6 Å². The Hall–Kier alpha value is -2.47. The molecule has 34 heavy (non-hydrogen) atoms. The lowest BCUT2D eigenvalue weighted by Crippen LogP contribution is -2.50. The fourth-order valence-electron chi connectivity index (χ4n) is 4.79. The van der Waals surface area contributed by atoms with E-state index in [0.29, 0.717) is 0 Å². The number of imidazole rings is 1. The van der Waals surface area contributed by atoms with Crippen LogP contribution in [0.4, 0.5) is 9.93 Å². The molecule has 10 nitrogen and oxygen atoms in total. The number of amides is 2. The second-order valence-electron chi connectivity index (χ2n) is 8.72. The fourth-order valence-corrected chi connectivity index (χ4v) is 7.06. The van der Waals surface area contributed by atoms with Crippen LogP contribution in [0.25, 0.3) is 0 Å². The molecule has 0 spiro atoms. The second kappa shape index (κ2) is 10.9. The highest BCUT2D eigenvalue weighted by atomic mass is 32.2. The van der Waals surface area contributed by atoms with Crippen LogP contribution >= 0.6 is 11.3 Å². The van der Waals surface area contributed by atoms with Crippen LogP contribution in [-0.2, 0) is 14.6 Å². The molecule has 2 aromatic heterocycles. The molecule has 4 rings (SSSR count). The summed E-state index contributed by atoms with van der Waals surface area (Å²) >= 11 is 0.868. The summed E-state index contributed by atoms with van der Waals surface area (Å²) in [5, 5.41) is 2.69. The molecule has 2 N–H and O–H groups in total. The van der Waals surface area contributed by atoms with Crippen molar-refractivity contribution in [3.63, 3.8) is 0 Å². The molecular weight excluding hydrogens is 478 g/mol. The van der Waals surface area contributed by atoms with Gasteiger partial charge in [0.2, 0.25) is 5.16 Å². The van der Waals surface area contributed by atoms with E-state index in [9.17, 15) is 18.0 Å². The number of ether oxygens (including phenoxy) is 1. The van der Waals surface area contributed by atoms with Crippen molar-refractivity contribution in [1.82, 2.24) is 19.9 Å². The number of rotatable bonds is 7. The van der Waals surface area contributed by atoms with Gasteiger partial charge in [-0.3, -0.25) is 5.32 Å². The molecule has 2 amide bonds. The predicted octanol–water partition coefficient (Wildman–Crippen LogP) is 4.38. The van der Waals surface area contributed by atoms with Crippen LogP contribution < -0.4 is 5.32 Å². The van der Waals surface area contributed by atoms with Crippen molar-refractivity contribution in [1.29, 1.82) is 0 Å². The first-order valence-corrected chi connectivity index (χ1v) is 14.2. The van der Waals surface area contributed by atoms with E-state index in [-0.39, 0.29) is 44.9 Å². The molecule has 2 saturated carbocycles. The zero-order valence-electron chi connectivity index (χ0n) is 19.3. The number of thiazole rings is 1. The molecule has 2 fully saturated rings. The van der Waals surface area contributed by atoms with Crippen molar-refractivity contribution < 1.29 is 22.7 Å². The molecule has 2 aromatic rings. The maximum atomic E-state index is 13.3. The first kappa shape index (κ1) is 24.6. The summed E-state index contributed by atoms with van der Waals surface area (Å²) in [5.74, 6) is -0.706. The van der Waals surface area contributed by atoms with E-state index in [1.165, 1.54) is 25.2 Å². The highest BCUT2D eigenvalue weighted by molar-refractivity contribution is 7.93. The quantitative estimate of drug-likeness (QED) is 0.529. The van der Waals surface area contributed by atoms with Crippen molar-refractivity contribution >= 4 is 38.3 Å². The molecule has 2 heterocycles. The van der Waals surface area contributed by atoms with E-state index in [2.05, 4.69) is 20.3 Å². The summed E-state index contributed by atoms with van der Waals surface area (Å²) in [4.78, 5) is 37.7. The third-order valence-corrected chi connectivity index (χ3v) is 9.40. The summed E-state index contributed by atoms with van der Waals surface area (Å²) in [6.07, 6.45) is 13.3. The summed E-state index contributed by atoms with van der Waals surface area (Å²) < 4.78 is 30.7. The number of carbonyl (C=O) groups is 2. The lowest BCUT2D eigenvalue weighted by atomic mass is 9.89. The minimum absolute atomic E-state index is 0.0746. The molecule has 0 aromatic carbocycles. The number of hydrogen-bond acceptors (Lipinski definition) is 8. The minimum atomic E-state index is -4.03. The van der Waals surface area contributed by atoms with Gasteiger partial charge in [-0.05, 0) is 32.6 Å². The topological polar surface area (TPSA) is 134 Å². The molecule has 0 bridgehead atoms. The Labute approximate surface area is 203 Å². The standard InChI is InChI=1S/C22H31N5O5S2/c1-2-32-19(28)17-13-24-21(25-17)34(30,31)18-14-23-20(33-18)26-22(29)27(15-9-5-3-6-10-15)16-11-7-4-8-12-16/h13-16H,2-12H2,1H3,(H,24,25)(H,23,26,29). The number of nitrogens with zero attached hydrogens (tertiary/aromatic N) is 3. The van der Waals surface area contributed by atoms with Gasteiger partial charge in [0.1, 0.15) is 4.21 Å². The van der Waals surface area contributed by atoms with E-state index in [4.69, 9.17) is 4.74 Å². The number of anilines is 1. The molecule has 0 radical (unpaired) electrons. The van der Waals surface area contributed by atoms with Gasteiger partial charge in [-0.25, -0.2) is 28.0 Å². The maximum Gasteiger partial charge on any atom is 0.358 e. The summed E-state index contributed by atoms with van der Waals surface area (Å²) in [5.41, 5.74) is -0.117. The largest absolute Gasteiger partial charge is 0.461 e. The lowest BCUT2D eigenvalue weighted by molar-refractivity contribution is 0.0519. The van der Waals surface area contributed by atoms with Crippen LogP contribution in [0.2, 0.25) is 0 Å². The summed E-state index contributed by atoms with van der Waals surface area (Å²) in [7, 11) is -4.03. The Kier molecular flexibility index (Phi) is 7.87. The first-order chi connectivity index (χ1) is 16.4. The van der Waals surface area contributed by atoms with Gasteiger partial charge in [-0.1, -0.05) is 49.9 Å². The van der Waals surface area contributed by atoms with Crippen LogP contribution in [0.3, 0.4) is 0 Å². The predicted molar refractivity (Wildman–Crippen MR) is 127 cm³/mol. The highest BCUT2D eigenvalue weighted by Crippen LogP contribution is 2.32. The molecule has 0 aliphatic heterocycles. The van der Waals surface area contributed by atoms with E-state index in [1.807, 2.05) is 4.90 Å². The third kappa shape index (κ3) is 5.43. The Morgan fingerprint density at radius 3 is 2.32 bits per heavy atom. The number of H-pyrrole nitrogens is 1. The monoisotopic (exact) mass is 509 g/mol. The highest BCUT2D eigenvalue weighted by Gasteiger charge is 2.33. The molecular formula is C22H31N5O5S2. The van der Waals surface area contributed by atoms with Gasteiger partial charge >= 0.3 is 12.0 Å². The molecule has 0 saturated heterocycles. The maximum absolute atomic E-state index is 13.3. The minimum Gasteiger partial charge on any atom is -0.461 e. The van der Waals surface area contributed by atoms with E-state index >= 15 is 0 Å². The van der Waals surface area contributed by atoms with E-state index < -0.39 is 15.8 Å². The Morgan fingerprint density at radius 2 is 1.74 bits per heavy atom. The van der Waals surface area contributed by atoms with Crippen LogP contribution in [0.5, 0.6) is 0 Å². The zero-order valence-corrected chi connectivity index (χ0v) is 20.9. The van der Waals surface area contributed by atoms with Gasteiger partial charge in [0.25, 0.3) is 9.84 Å². The Balaban J connectivity index is 1.49. The van der Waals surface area contributed by atoms with Crippen molar-refractivity contribution in [3.05, 3.63) is 18.1 Å². The number of aromatic nitrogens is 3. The van der Waals surface area contributed by atoms with Crippen LogP contribution in [0, 0.1) is 0 Å². The van der Waals surface area contributed by atoms with Gasteiger partial charge in [0.05, 0.1) is 12.8 Å². The molecule has 12 heteroatoms. The first-order valence-electron chi connectivity index (χ1n) is 11.9. The number of urea groups is 1. The molecule has 186 valence electrons. The number of esters is 1. The van der Waals surface area contributed by atoms with E-state index in [1.54, 1.807) is 6.92 Å². The summed E-state index contributed by atoms with van der Waals surface area (Å²) in [6.45, 7) is 1.81.